The topological polar surface area (TPSA) is 78.9 Å². The number of halogens is 2. The van der Waals surface area contributed by atoms with Crippen LogP contribution in [0, 0.1) is 0 Å². The maximum absolute atomic E-state index is 12.7. The van der Waals surface area contributed by atoms with E-state index in [0.29, 0.717) is 10.6 Å². The number of hydrogen-bond donors (Lipinski definition) is 2. The van der Waals surface area contributed by atoms with Gasteiger partial charge in [-0.2, -0.15) is 0 Å². The molecule has 138 valence electrons. The Morgan fingerprint density at radius 3 is 2.67 bits per heavy atom. The minimum Gasteiger partial charge on any atom is -0.504 e. The molecule has 1 heterocycles. The van der Waals surface area contributed by atoms with Crippen molar-refractivity contribution in [1.29, 1.82) is 0 Å². The molecule has 2 aromatic carbocycles. The van der Waals surface area contributed by atoms with E-state index in [2.05, 4.69) is 5.32 Å². The Morgan fingerprint density at radius 2 is 2.00 bits per heavy atom. The Labute approximate surface area is 169 Å². The highest BCUT2D eigenvalue weighted by atomic mass is 35.5. The number of methoxy groups -OCH3 is 1. The van der Waals surface area contributed by atoms with Gasteiger partial charge in [-0.25, -0.2) is 4.90 Å². The summed E-state index contributed by atoms with van der Waals surface area (Å²) in [6, 6.07) is 8.89. The average molecular weight is 423 g/mol. The molecule has 1 aliphatic heterocycles. The number of hydrogen-bond acceptors (Lipinski definition) is 5. The summed E-state index contributed by atoms with van der Waals surface area (Å²) in [6.45, 7) is 0. The predicted molar refractivity (Wildman–Crippen MR) is 106 cm³/mol. The zero-order chi connectivity index (χ0) is 19.7. The van der Waals surface area contributed by atoms with E-state index in [9.17, 15) is 14.7 Å². The molecular weight excluding hydrogens is 411 g/mol. The highest BCUT2D eigenvalue weighted by Crippen LogP contribution is 2.28. The van der Waals surface area contributed by atoms with Gasteiger partial charge < -0.3 is 15.2 Å². The van der Waals surface area contributed by atoms with Crippen LogP contribution >= 0.6 is 35.4 Å². The van der Waals surface area contributed by atoms with E-state index in [1.54, 1.807) is 12.1 Å². The summed E-state index contributed by atoms with van der Waals surface area (Å²) in [5.74, 6) is -1.07. The fourth-order valence-corrected chi connectivity index (χ4v) is 3.22. The number of phenolic OH excluding ortho intramolecular Hbond substituents is 1. The number of imide groups is 1. The van der Waals surface area contributed by atoms with Gasteiger partial charge in [-0.05, 0) is 54.2 Å². The third-order valence-electron chi connectivity index (χ3n) is 3.76. The number of nitrogens with zero attached hydrogens (tertiary/aromatic N) is 1. The van der Waals surface area contributed by atoms with Crippen LogP contribution in [0.15, 0.2) is 42.1 Å². The molecule has 6 nitrogen and oxygen atoms in total. The molecule has 0 spiro atoms. The monoisotopic (exact) mass is 422 g/mol. The van der Waals surface area contributed by atoms with Crippen molar-refractivity contribution in [2.45, 2.75) is 0 Å². The largest absolute Gasteiger partial charge is 0.504 e. The number of phenols is 1. The third kappa shape index (κ3) is 3.75. The second-order valence-electron chi connectivity index (χ2n) is 5.49. The molecule has 1 saturated heterocycles. The Kier molecular flexibility index (Phi) is 5.36. The van der Waals surface area contributed by atoms with Crippen molar-refractivity contribution in [3.05, 3.63) is 63.3 Å². The summed E-state index contributed by atoms with van der Waals surface area (Å²) in [5.41, 5.74) is 0.777. The third-order valence-corrected chi connectivity index (χ3v) is 4.59. The molecule has 9 heteroatoms. The molecule has 1 aliphatic rings. The fourth-order valence-electron chi connectivity index (χ4n) is 2.45. The summed E-state index contributed by atoms with van der Waals surface area (Å²) < 4.78 is 5.04. The zero-order valence-electron chi connectivity index (χ0n) is 13.8. The van der Waals surface area contributed by atoms with E-state index in [0.717, 1.165) is 4.90 Å². The summed E-state index contributed by atoms with van der Waals surface area (Å²) in [5, 5.41) is 12.8. The van der Waals surface area contributed by atoms with Gasteiger partial charge in [0, 0.05) is 5.02 Å². The van der Waals surface area contributed by atoms with E-state index < -0.39 is 11.8 Å². The Bertz CT molecular complexity index is 1010. The number of ether oxygens (including phenoxy) is 1. The lowest BCUT2D eigenvalue weighted by Gasteiger charge is -2.13. The number of nitrogens with one attached hydrogen (secondary N) is 1. The Morgan fingerprint density at radius 1 is 1.26 bits per heavy atom. The van der Waals surface area contributed by atoms with Crippen molar-refractivity contribution < 1.29 is 19.4 Å². The van der Waals surface area contributed by atoms with Crippen molar-refractivity contribution in [2.75, 3.05) is 7.11 Å². The number of benzene rings is 2. The standard InChI is InChI=1S/C18H12Cl2N2O4S/c1-26-15-7-9(2-5-14(15)23)6-13-17(25)22(18(27)21-13)16(24)11-4-3-10(19)8-12(11)20/h2-8,23H,1H3,(H,21,27)/b13-6-. The van der Waals surface area contributed by atoms with Gasteiger partial charge in [0.2, 0.25) is 0 Å². The van der Waals surface area contributed by atoms with E-state index in [-0.39, 0.29) is 32.9 Å². The number of aromatic hydroxyl groups is 1. The summed E-state index contributed by atoms with van der Waals surface area (Å²) >= 11 is 17.0. The van der Waals surface area contributed by atoms with E-state index in [4.69, 9.17) is 40.2 Å². The van der Waals surface area contributed by atoms with Gasteiger partial charge in [-0.15, -0.1) is 0 Å². The number of thiocarbonyl (C=S) groups is 1. The van der Waals surface area contributed by atoms with Crippen LogP contribution in [0.3, 0.4) is 0 Å². The molecular formula is C18H12Cl2N2O4S. The normalized spacial score (nSPS) is 15.2. The van der Waals surface area contributed by atoms with E-state index >= 15 is 0 Å². The molecule has 2 aromatic rings. The molecule has 3 rings (SSSR count). The van der Waals surface area contributed by atoms with Crippen molar-refractivity contribution >= 4 is 58.4 Å². The van der Waals surface area contributed by atoms with Gasteiger partial charge in [-0.1, -0.05) is 29.3 Å². The number of carbonyl (C=O) groups is 2. The number of amides is 2. The molecule has 1 fully saturated rings. The molecule has 0 unspecified atom stereocenters. The predicted octanol–water partition coefficient (Wildman–Crippen LogP) is 3.61. The molecule has 0 bridgehead atoms. The van der Waals surface area contributed by atoms with Gasteiger partial charge in [0.1, 0.15) is 5.70 Å². The summed E-state index contributed by atoms with van der Waals surface area (Å²) in [7, 11) is 1.41. The van der Waals surface area contributed by atoms with Crippen LogP contribution < -0.4 is 10.1 Å². The lowest BCUT2D eigenvalue weighted by atomic mass is 10.1. The molecule has 0 radical (unpaired) electrons. The van der Waals surface area contributed by atoms with Gasteiger partial charge >= 0.3 is 0 Å². The smallest absolute Gasteiger partial charge is 0.283 e. The van der Waals surface area contributed by atoms with Gasteiger partial charge in [0.05, 0.1) is 17.7 Å². The summed E-state index contributed by atoms with van der Waals surface area (Å²) in [4.78, 5) is 26.2. The molecule has 0 atom stereocenters. The minimum absolute atomic E-state index is 0.0323. The quantitative estimate of drug-likeness (QED) is 0.446. The van der Waals surface area contributed by atoms with Crippen LogP contribution in [0.5, 0.6) is 11.5 Å². The lowest BCUT2D eigenvalue weighted by Crippen LogP contribution is -2.36. The highest BCUT2D eigenvalue weighted by Gasteiger charge is 2.37. The lowest BCUT2D eigenvalue weighted by molar-refractivity contribution is -0.120. The van der Waals surface area contributed by atoms with Gasteiger partial charge in [0.15, 0.2) is 16.6 Å². The van der Waals surface area contributed by atoms with Crippen LogP contribution in [0.2, 0.25) is 10.0 Å². The first-order valence-corrected chi connectivity index (χ1v) is 8.71. The molecule has 27 heavy (non-hydrogen) atoms. The molecule has 2 N–H and O–H groups in total. The maximum atomic E-state index is 12.7. The van der Waals surface area contributed by atoms with E-state index in [1.165, 1.54) is 37.5 Å². The molecule has 0 aromatic heterocycles. The number of carbonyl (C=O) groups excluding carboxylic acids is 2. The first-order valence-electron chi connectivity index (χ1n) is 7.55. The van der Waals surface area contributed by atoms with Crippen LogP contribution in [-0.2, 0) is 4.79 Å². The Hall–Kier alpha value is -2.61. The second-order valence-corrected chi connectivity index (χ2v) is 6.72. The van der Waals surface area contributed by atoms with Crippen molar-refractivity contribution in [3.8, 4) is 11.5 Å². The van der Waals surface area contributed by atoms with Crippen LogP contribution in [-0.4, -0.2) is 34.0 Å². The minimum atomic E-state index is -0.661. The van der Waals surface area contributed by atoms with Crippen molar-refractivity contribution in [3.63, 3.8) is 0 Å². The number of rotatable bonds is 3. The average Bonchev–Trinajstić information content (AvgIpc) is 2.89. The second kappa shape index (κ2) is 7.56. The van der Waals surface area contributed by atoms with Crippen LogP contribution in [0.25, 0.3) is 6.08 Å². The highest BCUT2D eigenvalue weighted by molar-refractivity contribution is 7.80. The maximum Gasteiger partial charge on any atom is 0.283 e. The van der Waals surface area contributed by atoms with Crippen molar-refractivity contribution in [2.24, 2.45) is 0 Å². The first-order chi connectivity index (χ1) is 12.8. The first kappa shape index (κ1) is 19.2. The fraction of sp³-hybridized carbons (Fsp3) is 0.0556. The molecule has 2 amide bonds. The summed E-state index contributed by atoms with van der Waals surface area (Å²) in [6.07, 6.45) is 1.49. The zero-order valence-corrected chi connectivity index (χ0v) is 16.2. The van der Waals surface area contributed by atoms with E-state index in [1.807, 2.05) is 0 Å². The van der Waals surface area contributed by atoms with Gasteiger partial charge in [0.25, 0.3) is 11.8 Å². The van der Waals surface area contributed by atoms with Crippen molar-refractivity contribution in [1.82, 2.24) is 10.2 Å². The molecule has 0 saturated carbocycles. The van der Waals surface area contributed by atoms with Gasteiger partial charge in [-0.3, -0.25) is 9.59 Å². The SMILES string of the molecule is COc1cc(/C=C2\NC(=S)N(C(=O)c3ccc(Cl)cc3Cl)C2=O)ccc1O. The Balaban J connectivity index is 1.92. The van der Waals surface area contributed by atoms with Crippen LogP contribution in [0.4, 0.5) is 0 Å². The van der Waals surface area contributed by atoms with Crippen LogP contribution in [0.1, 0.15) is 15.9 Å². The molecule has 0 aliphatic carbocycles.